The van der Waals surface area contributed by atoms with Gasteiger partial charge in [0.2, 0.25) is 0 Å². The maximum atomic E-state index is 3.81. The first kappa shape index (κ1) is 12.3. The Morgan fingerprint density at radius 1 is 1.05 bits per heavy atom. The van der Waals surface area contributed by atoms with Gasteiger partial charge in [-0.2, -0.15) is 0 Å². The fourth-order valence-corrected chi connectivity index (χ4v) is 4.56. The average molecular weight is 288 g/mol. The minimum absolute atomic E-state index is 0.187. The first-order valence-corrected chi connectivity index (χ1v) is 8.10. The van der Waals surface area contributed by atoms with Crippen LogP contribution in [0.2, 0.25) is 0 Å². The van der Waals surface area contributed by atoms with Gasteiger partial charge in [0.15, 0.2) is 0 Å². The number of aromatic nitrogens is 1. The first-order chi connectivity index (χ1) is 10.7. The SMILES string of the molecule is CC1(C)c2ccccc2N[C@H]2c3cc4ccccc4n3C[C@H]21. The van der Waals surface area contributed by atoms with Crippen molar-refractivity contribution >= 4 is 16.6 Å². The average Bonchev–Trinajstić information content (AvgIpc) is 3.05. The van der Waals surface area contributed by atoms with E-state index in [1.807, 2.05) is 0 Å². The highest BCUT2D eigenvalue weighted by molar-refractivity contribution is 5.82. The van der Waals surface area contributed by atoms with Crippen molar-refractivity contribution < 1.29 is 0 Å². The molecule has 0 amide bonds. The Morgan fingerprint density at radius 2 is 1.82 bits per heavy atom. The molecule has 110 valence electrons. The highest BCUT2D eigenvalue weighted by atomic mass is 15.1. The molecule has 0 unspecified atom stereocenters. The number of rotatable bonds is 0. The van der Waals surface area contributed by atoms with Gasteiger partial charge in [0.05, 0.1) is 6.04 Å². The Morgan fingerprint density at radius 3 is 2.73 bits per heavy atom. The normalized spacial score (nSPS) is 24.5. The van der Waals surface area contributed by atoms with Crippen LogP contribution < -0.4 is 5.32 Å². The van der Waals surface area contributed by atoms with E-state index in [0.717, 1.165) is 6.54 Å². The first-order valence-electron chi connectivity index (χ1n) is 8.10. The van der Waals surface area contributed by atoms with Gasteiger partial charge in [0, 0.05) is 29.4 Å². The van der Waals surface area contributed by atoms with Gasteiger partial charge in [-0.1, -0.05) is 50.2 Å². The molecule has 22 heavy (non-hydrogen) atoms. The van der Waals surface area contributed by atoms with E-state index in [-0.39, 0.29) is 5.41 Å². The van der Waals surface area contributed by atoms with Crippen molar-refractivity contribution in [1.82, 2.24) is 4.57 Å². The van der Waals surface area contributed by atoms with Crippen molar-refractivity contribution in [2.75, 3.05) is 5.32 Å². The van der Waals surface area contributed by atoms with Gasteiger partial charge >= 0.3 is 0 Å². The Hall–Kier alpha value is -2.22. The van der Waals surface area contributed by atoms with Gasteiger partial charge in [-0.05, 0) is 34.6 Å². The van der Waals surface area contributed by atoms with Gasteiger partial charge < -0.3 is 9.88 Å². The smallest absolute Gasteiger partial charge is 0.0719 e. The lowest BCUT2D eigenvalue weighted by molar-refractivity contribution is 0.274. The zero-order chi connectivity index (χ0) is 14.9. The third-order valence-electron chi connectivity index (χ3n) is 5.80. The van der Waals surface area contributed by atoms with Crippen molar-refractivity contribution in [2.45, 2.75) is 31.8 Å². The van der Waals surface area contributed by atoms with Crippen LogP contribution in [0.3, 0.4) is 0 Å². The maximum absolute atomic E-state index is 3.81. The molecule has 0 radical (unpaired) electrons. The number of para-hydroxylation sites is 2. The summed E-state index contributed by atoms with van der Waals surface area (Å²) in [6.45, 7) is 5.90. The third kappa shape index (κ3) is 1.40. The summed E-state index contributed by atoms with van der Waals surface area (Å²) < 4.78 is 2.52. The van der Waals surface area contributed by atoms with Crippen LogP contribution in [-0.4, -0.2) is 4.57 Å². The van der Waals surface area contributed by atoms with Crippen molar-refractivity contribution in [1.29, 1.82) is 0 Å². The van der Waals surface area contributed by atoms with Crippen molar-refractivity contribution in [3.05, 3.63) is 65.9 Å². The molecular formula is C20H20N2. The predicted molar refractivity (Wildman–Crippen MR) is 91.3 cm³/mol. The summed E-state index contributed by atoms with van der Waals surface area (Å²) in [5, 5.41) is 5.17. The van der Waals surface area contributed by atoms with Crippen LogP contribution in [0.4, 0.5) is 5.69 Å². The molecular weight excluding hydrogens is 268 g/mol. The summed E-state index contributed by atoms with van der Waals surface area (Å²) >= 11 is 0. The van der Waals surface area contributed by atoms with E-state index in [0.29, 0.717) is 12.0 Å². The Kier molecular flexibility index (Phi) is 2.21. The predicted octanol–water partition coefficient (Wildman–Crippen LogP) is 4.72. The van der Waals surface area contributed by atoms with E-state index in [1.54, 1.807) is 0 Å². The molecule has 1 aromatic heterocycles. The van der Waals surface area contributed by atoms with E-state index in [1.165, 1.54) is 27.8 Å². The summed E-state index contributed by atoms with van der Waals surface area (Å²) in [5.41, 5.74) is 5.74. The van der Waals surface area contributed by atoms with Crippen LogP contribution in [0.5, 0.6) is 0 Å². The highest BCUT2D eigenvalue weighted by Crippen LogP contribution is 2.52. The van der Waals surface area contributed by atoms with Crippen LogP contribution >= 0.6 is 0 Å². The van der Waals surface area contributed by atoms with E-state index >= 15 is 0 Å². The summed E-state index contributed by atoms with van der Waals surface area (Å²) in [7, 11) is 0. The molecule has 5 rings (SSSR count). The number of hydrogen-bond donors (Lipinski definition) is 1. The van der Waals surface area contributed by atoms with Gasteiger partial charge in [0.25, 0.3) is 0 Å². The second-order valence-corrected chi connectivity index (χ2v) is 7.23. The van der Waals surface area contributed by atoms with Crippen molar-refractivity contribution in [3.63, 3.8) is 0 Å². The summed E-state index contributed by atoms with van der Waals surface area (Å²) in [6.07, 6.45) is 0. The molecule has 3 aromatic rings. The highest BCUT2D eigenvalue weighted by Gasteiger charge is 2.47. The summed E-state index contributed by atoms with van der Waals surface area (Å²) in [5.74, 6) is 0.599. The van der Waals surface area contributed by atoms with E-state index < -0.39 is 0 Å². The molecule has 2 atom stereocenters. The molecule has 3 heterocycles. The topological polar surface area (TPSA) is 17.0 Å². The lowest BCUT2D eigenvalue weighted by Gasteiger charge is -2.42. The van der Waals surface area contributed by atoms with Crippen LogP contribution in [0, 0.1) is 5.92 Å². The zero-order valence-corrected chi connectivity index (χ0v) is 13.0. The fourth-order valence-electron chi connectivity index (χ4n) is 4.56. The Bertz CT molecular complexity index is 888. The van der Waals surface area contributed by atoms with Gasteiger partial charge in [0.1, 0.15) is 0 Å². The fraction of sp³-hybridized carbons (Fsp3) is 0.300. The molecule has 2 nitrogen and oxygen atoms in total. The van der Waals surface area contributed by atoms with Crippen molar-refractivity contribution in [2.24, 2.45) is 5.92 Å². The van der Waals surface area contributed by atoms with E-state index in [9.17, 15) is 0 Å². The number of anilines is 1. The van der Waals surface area contributed by atoms with Crippen LogP contribution in [-0.2, 0) is 12.0 Å². The molecule has 0 fully saturated rings. The molecule has 0 spiro atoms. The molecule has 0 aliphatic carbocycles. The zero-order valence-electron chi connectivity index (χ0n) is 13.0. The lowest BCUT2D eigenvalue weighted by atomic mass is 9.67. The Labute approximate surface area is 130 Å². The standard InChI is InChI=1S/C20H20N2/c1-20(2)14-8-4-5-9-16(14)21-19-15(20)12-22-17-10-6-3-7-13(17)11-18(19)22/h3-11,15,19,21H,12H2,1-2H3/t15-,19-/m1/s1. The molecule has 2 heteroatoms. The molecule has 0 bridgehead atoms. The molecule has 2 aliphatic rings. The third-order valence-corrected chi connectivity index (χ3v) is 5.80. The second-order valence-electron chi connectivity index (χ2n) is 7.23. The molecule has 2 aliphatic heterocycles. The quantitative estimate of drug-likeness (QED) is 0.633. The molecule has 1 N–H and O–H groups in total. The van der Waals surface area contributed by atoms with Gasteiger partial charge in [-0.25, -0.2) is 0 Å². The minimum Gasteiger partial charge on any atom is -0.376 e. The summed E-state index contributed by atoms with van der Waals surface area (Å²) in [6, 6.07) is 20.3. The molecule has 0 saturated carbocycles. The second kappa shape index (κ2) is 3.95. The van der Waals surface area contributed by atoms with Crippen LogP contribution in [0.25, 0.3) is 10.9 Å². The van der Waals surface area contributed by atoms with Gasteiger partial charge in [-0.15, -0.1) is 0 Å². The molecule has 0 saturated heterocycles. The number of nitrogens with zero attached hydrogens (tertiary/aromatic N) is 1. The number of nitrogens with one attached hydrogen (secondary N) is 1. The van der Waals surface area contributed by atoms with Gasteiger partial charge in [-0.3, -0.25) is 0 Å². The monoisotopic (exact) mass is 288 g/mol. The minimum atomic E-state index is 0.187. The van der Waals surface area contributed by atoms with Crippen LogP contribution in [0.15, 0.2) is 54.6 Å². The van der Waals surface area contributed by atoms with E-state index in [2.05, 4.69) is 78.3 Å². The maximum Gasteiger partial charge on any atom is 0.0719 e. The lowest BCUT2D eigenvalue weighted by Crippen LogP contribution is -2.39. The van der Waals surface area contributed by atoms with E-state index in [4.69, 9.17) is 0 Å². The number of fused-ring (bicyclic) bond motifs is 6. The largest absolute Gasteiger partial charge is 0.376 e. The summed E-state index contributed by atoms with van der Waals surface area (Å²) in [4.78, 5) is 0. The Balaban J connectivity index is 1.72. The van der Waals surface area contributed by atoms with Crippen LogP contribution in [0.1, 0.15) is 31.1 Å². The number of benzene rings is 2. The molecule has 2 aromatic carbocycles. The van der Waals surface area contributed by atoms with Crippen molar-refractivity contribution in [3.8, 4) is 0 Å². The number of hydrogen-bond acceptors (Lipinski definition) is 1.